The Balaban J connectivity index is 2.09. The summed E-state index contributed by atoms with van der Waals surface area (Å²) in [6.45, 7) is 8.67. The summed E-state index contributed by atoms with van der Waals surface area (Å²) in [4.78, 5) is 24.1. The van der Waals surface area contributed by atoms with Gasteiger partial charge in [-0.05, 0) is 39.0 Å². The minimum atomic E-state index is -0.338. The fourth-order valence-corrected chi connectivity index (χ4v) is 2.87. The van der Waals surface area contributed by atoms with Crippen molar-refractivity contribution < 1.29 is 23.8 Å². The molecule has 1 aliphatic heterocycles. The molecule has 0 bridgehead atoms. The van der Waals surface area contributed by atoms with Crippen molar-refractivity contribution >= 4 is 11.9 Å². The van der Waals surface area contributed by atoms with E-state index in [0.717, 1.165) is 25.7 Å². The van der Waals surface area contributed by atoms with Gasteiger partial charge in [0.2, 0.25) is 0 Å². The average Bonchev–Trinajstić information content (AvgIpc) is 3.30. The van der Waals surface area contributed by atoms with Gasteiger partial charge in [-0.3, -0.25) is 9.59 Å². The summed E-state index contributed by atoms with van der Waals surface area (Å²) in [6, 6.07) is 0. The first-order chi connectivity index (χ1) is 10.9. The predicted octanol–water partition coefficient (Wildman–Crippen LogP) is 2.96. The van der Waals surface area contributed by atoms with Gasteiger partial charge in [-0.25, -0.2) is 0 Å². The molecule has 2 fully saturated rings. The molecule has 0 amide bonds. The molecule has 5 heteroatoms. The fraction of sp³-hybridized carbons (Fsp3) is 0.889. The maximum Gasteiger partial charge on any atom is 0.311 e. The third kappa shape index (κ3) is 5.48. The van der Waals surface area contributed by atoms with Gasteiger partial charge in [0.25, 0.3) is 0 Å². The smallest absolute Gasteiger partial charge is 0.311 e. The second-order valence-corrected chi connectivity index (χ2v) is 7.47. The molecular weight excluding hydrogens is 296 g/mol. The Kier molecular flexibility index (Phi) is 6.45. The molecule has 0 N–H and O–H groups in total. The van der Waals surface area contributed by atoms with E-state index in [4.69, 9.17) is 14.2 Å². The Morgan fingerprint density at radius 3 is 2.57 bits per heavy atom. The SMILES string of the molecule is CC(C)CC[C@H]1[C@H](C)OC(=O)[C@@H](C)COC[C@@H]1OC(=O)C1CC1. The number of hydrogen-bond acceptors (Lipinski definition) is 5. The van der Waals surface area contributed by atoms with E-state index in [-0.39, 0.29) is 41.9 Å². The van der Waals surface area contributed by atoms with Gasteiger partial charge >= 0.3 is 11.9 Å². The standard InChI is InChI=1S/C18H30O5/c1-11(2)5-8-15-13(4)22-17(19)12(3)9-21-10-16(15)23-18(20)14-6-7-14/h11-16H,5-10H2,1-4H3/t12-,13-,15-,16-/m0/s1. The van der Waals surface area contributed by atoms with Gasteiger partial charge in [-0.2, -0.15) is 0 Å². The van der Waals surface area contributed by atoms with Crippen molar-refractivity contribution in [1.82, 2.24) is 0 Å². The van der Waals surface area contributed by atoms with E-state index < -0.39 is 0 Å². The lowest BCUT2D eigenvalue weighted by Gasteiger charge is -2.30. The molecule has 0 radical (unpaired) electrons. The number of hydrogen-bond donors (Lipinski definition) is 0. The molecule has 0 unspecified atom stereocenters. The first-order valence-electron chi connectivity index (χ1n) is 8.87. The third-order valence-corrected chi connectivity index (χ3v) is 4.69. The van der Waals surface area contributed by atoms with Crippen molar-refractivity contribution in [3.05, 3.63) is 0 Å². The summed E-state index contributed by atoms with van der Waals surface area (Å²) in [5, 5.41) is 0. The maximum atomic E-state index is 12.1. The highest BCUT2D eigenvalue weighted by atomic mass is 16.6. The average molecular weight is 326 g/mol. The third-order valence-electron chi connectivity index (χ3n) is 4.69. The molecular formula is C18H30O5. The lowest BCUT2D eigenvalue weighted by molar-refractivity contribution is -0.163. The summed E-state index contributed by atoms with van der Waals surface area (Å²) in [5.74, 6) is -0.0640. The van der Waals surface area contributed by atoms with E-state index in [2.05, 4.69) is 13.8 Å². The maximum absolute atomic E-state index is 12.1. The first kappa shape index (κ1) is 18.2. The molecule has 1 saturated heterocycles. The molecule has 0 spiro atoms. The van der Waals surface area contributed by atoms with Crippen LogP contribution in [0.5, 0.6) is 0 Å². The molecule has 0 aromatic rings. The minimum Gasteiger partial charge on any atom is -0.462 e. The molecule has 4 atom stereocenters. The number of esters is 2. The molecule has 2 aliphatic rings. The first-order valence-corrected chi connectivity index (χ1v) is 8.87. The zero-order valence-electron chi connectivity index (χ0n) is 14.7. The predicted molar refractivity (Wildman–Crippen MR) is 85.7 cm³/mol. The summed E-state index contributed by atoms with van der Waals surface area (Å²) in [5.41, 5.74) is 0. The van der Waals surface area contributed by atoms with Gasteiger partial charge in [-0.1, -0.05) is 20.3 Å². The van der Waals surface area contributed by atoms with Crippen LogP contribution in [-0.2, 0) is 23.8 Å². The zero-order chi connectivity index (χ0) is 17.0. The van der Waals surface area contributed by atoms with Crippen LogP contribution in [0.25, 0.3) is 0 Å². The van der Waals surface area contributed by atoms with Crippen LogP contribution in [0.15, 0.2) is 0 Å². The van der Waals surface area contributed by atoms with E-state index in [1.807, 2.05) is 6.92 Å². The van der Waals surface area contributed by atoms with Crippen molar-refractivity contribution in [2.24, 2.45) is 23.7 Å². The van der Waals surface area contributed by atoms with E-state index >= 15 is 0 Å². The Hall–Kier alpha value is -1.10. The highest BCUT2D eigenvalue weighted by Crippen LogP contribution is 2.33. The molecule has 1 saturated carbocycles. The topological polar surface area (TPSA) is 61.8 Å². The number of rotatable bonds is 5. The quantitative estimate of drug-likeness (QED) is 0.727. The monoisotopic (exact) mass is 326 g/mol. The molecule has 5 nitrogen and oxygen atoms in total. The zero-order valence-corrected chi connectivity index (χ0v) is 14.7. The van der Waals surface area contributed by atoms with Crippen LogP contribution in [0, 0.1) is 23.7 Å². The second-order valence-electron chi connectivity index (χ2n) is 7.47. The lowest BCUT2D eigenvalue weighted by atomic mass is 9.89. The van der Waals surface area contributed by atoms with Gasteiger partial charge < -0.3 is 14.2 Å². The van der Waals surface area contributed by atoms with Crippen LogP contribution >= 0.6 is 0 Å². The fourth-order valence-electron chi connectivity index (χ4n) is 2.87. The van der Waals surface area contributed by atoms with Crippen LogP contribution in [0.4, 0.5) is 0 Å². The van der Waals surface area contributed by atoms with Crippen molar-refractivity contribution in [3.63, 3.8) is 0 Å². The number of cyclic esters (lactones) is 1. The molecule has 23 heavy (non-hydrogen) atoms. The Bertz CT molecular complexity index is 416. The van der Waals surface area contributed by atoms with Crippen LogP contribution in [-0.4, -0.2) is 37.4 Å². The van der Waals surface area contributed by atoms with Crippen molar-refractivity contribution in [2.75, 3.05) is 13.2 Å². The highest BCUT2D eigenvalue weighted by molar-refractivity contribution is 5.75. The van der Waals surface area contributed by atoms with Gasteiger partial charge in [0, 0.05) is 5.92 Å². The van der Waals surface area contributed by atoms with Crippen molar-refractivity contribution in [1.29, 1.82) is 0 Å². The Morgan fingerprint density at radius 1 is 1.26 bits per heavy atom. The molecule has 132 valence electrons. The van der Waals surface area contributed by atoms with Gasteiger partial charge in [0.15, 0.2) is 0 Å². The summed E-state index contributed by atoms with van der Waals surface area (Å²) < 4.78 is 17.0. The van der Waals surface area contributed by atoms with Crippen LogP contribution < -0.4 is 0 Å². The summed E-state index contributed by atoms with van der Waals surface area (Å²) >= 11 is 0. The normalized spacial score (nSPS) is 32.7. The van der Waals surface area contributed by atoms with E-state index in [0.29, 0.717) is 19.1 Å². The summed E-state index contributed by atoms with van der Waals surface area (Å²) in [7, 11) is 0. The molecule has 2 rings (SSSR count). The van der Waals surface area contributed by atoms with Crippen LogP contribution in [0.3, 0.4) is 0 Å². The highest BCUT2D eigenvalue weighted by Gasteiger charge is 2.38. The molecule has 1 aliphatic carbocycles. The molecule has 0 aromatic carbocycles. The molecule has 1 heterocycles. The number of ether oxygens (including phenoxy) is 3. The Morgan fingerprint density at radius 2 is 1.96 bits per heavy atom. The van der Waals surface area contributed by atoms with E-state index in [1.165, 1.54) is 0 Å². The second kappa shape index (κ2) is 8.13. The lowest BCUT2D eigenvalue weighted by Crippen LogP contribution is -2.39. The van der Waals surface area contributed by atoms with Gasteiger partial charge in [0.05, 0.1) is 25.0 Å². The van der Waals surface area contributed by atoms with E-state index in [9.17, 15) is 9.59 Å². The number of carbonyl (C=O) groups is 2. The molecule has 0 aromatic heterocycles. The van der Waals surface area contributed by atoms with Crippen molar-refractivity contribution in [2.45, 2.75) is 65.6 Å². The van der Waals surface area contributed by atoms with Gasteiger partial charge in [0.1, 0.15) is 12.2 Å². The van der Waals surface area contributed by atoms with Gasteiger partial charge in [-0.15, -0.1) is 0 Å². The number of carbonyl (C=O) groups excluding carboxylic acids is 2. The van der Waals surface area contributed by atoms with Crippen LogP contribution in [0.1, 0.15) is 53.4 Å². The van der Waals surface area contributed by atoms with E-state index in [1.54, 1.807) is 6.92 Å². The summed E-state index contributed by atoms with van der Waals surface area (Å²) in [6.07, 6.45) is 3.08. The largest absolute Gasteiger partial charge is 0.462 e. The Labute approximate surface area is 139 Å². The van der Waals surface area contributed by atoms with Crippen LogP contribution in [0.2, 0.25) is 0 Å². The van der Waals surface area contributed by atoms with Crippen molar-refractivity contribution in [3.8, 4) is 0 Å². The minimum absolute atomic E-state index is 0.0191.